The Morgan fingerprint density at radius 3 is 2.95 bits per heavy atom. The number of aliphatic hydroxyl groups excluding tert-OH is 1. The second-order valence-corrected chi connectivity index (χ2v) is 5.42. The van der Waals surface area contributed by atoms with E-state index in [0.29, 0.717) is 18.5 Å². The first-order valence-corrected chi connectivity index (χ1v) is 6.62. The molecule has 1 fully saturated rings. The van der Waals surface area contributed by atoms with Crippen LogP contribution in [0.2, 0.25) is 0 Å². The number of halogens is 2. The van der Waals surface area contributed by atoms with Crippen LogP contribution in [-0.2, 0) is 11.3 Å². The van der Waals surface area contributed by atoms with Crippen molar-refractivity contribution in [3.8, 4) is 0 Å². The quantitative estimate of drug-likeness (QED) is 0.932. The molecule has 2 atom stereocenters. The number of ether oxygens (including phenoxy) is 1. The Bertz CT molecular complexity index is 621. The van der Waals surface area contributed by atoms with Crippen molar-refractivity contribution < 1.29 is 18.6 Å². The van der Waals surface area contributed by atoms with Gasteiger partial charge in [-0.15, -0.1) is 0 Å². The molecule has 0 bridgehead atoms. The van der Waals surface area contributed by atoms with Crippen molar-refractivity contribution in [3.05, 3.63) is 48.1 Å². The first kappa shape index (κ1) is 14.1. The fourth-order valence-corrected chi connectivity index (χ4v) is 2.68. The summed E-state index contributed by atoms with van der Waals surface area (Å²) in [6, 6.07) is 3.44. The van der Waals surface area contributed by atoms with Crippen LogP contribution >= 0.6 is 0 Å². The average molecular weight is 295 g/mol. The largest absolute Gasteiger partial charge is 0.396 e. The first-order valence-electron chi connectivity index (χ1n) is 6.62. The van der Waals surface area contributed by atoms with E-state index < -0.39 is 23.2 Å². The number of aromatic nitrogens is 3. The topological polar surface area (TPSA) is 60.2 Å². The molecule has 1 saturated heterocycles. The number of hydrogen-bond donors (Lipinski definition) is 1. The molecule has 0 amide bonds. The van der Waals surface area contributed by atoms with E-state index >= 15 is 0 Å². The van der Waals surface area contributed by atoms with Crippen LogP contribution in [0.4, 0.5) is 8.78 Å². The molecule has 1 aromatic carbocycles. The van der Waals surface area contributed by atoms with E-state index in [2.05, 4.69) is 10.1 Å². The standard InChI is InChI=1S/C14H15F2N3O2/c15-10-1-2-11(12(16)3-10)13-4-14(6-20,7-21-13)5-19-9-17-8-18-19/h1-3,8-9,13,20H,4-7H2/t13-,14-/m1/s1. The second kappa shape index (κ2) is 5.50. The third-order valence-electron chi connectivity index (χ3n) is 3.82. The highest BCUT2D eigenvalue weighted by Crippen LogP contribution is 2.42. The van der Waals surface area contributed by atoms with Gasteiger partial charge in [0.15, 0.2) is 0 Å². The average Bonchev–Trinajstić information content (AvgIpc) is 3.10. The molecule has 2 aromatic rings. The number of nitrogens with zero attached hydrogens (tertiary/aromatic N) is 3. The monoisotopic (exact) mass is 295 g/mol. The van der Waals surface area contributed by atoms with Crippen molar-refractivity contribution in [1.29, 1.82) is 0 Å². The summed E-state index contributed by atoms with van der Waals surface area (Å²) in [5.74, 6) is -1.25. The van der Waals surface area contributed by atoms with Crippen molar-refractivity contribution in [3.63, 3.8) is 0 Å². The van der Waals surface area contributed by atoms with Crippen LogP contribution < -0.4 is 0 Å². The maximum atomic E-state index is 13.8. The zero-order chi connectivity index (χ0) is 14.9. The van der Waals surface area contributed by atoms with Gasteiger partial charge in [0.25, 0.3) is 0 Å². The van der Waals surface area contributed by atoms with Crippen molar-refractivity contribution in [2.24, 2.45) is 5.41 Å². The molecule has 1 aliphatic heterocycles. The zero-order valence-electron chi connectivity index (χ0n) is 11.2. The van der Waals surface area contributed by atoms with Gasteiger partial charge in [-0.05, 0) is 12.5 Å². The SMILES string of the molecule is OC[C@@]1(Cn2cncn2)CO[C@@H](c2ccc(F)cc2F)C1. The summed E-state index contributed by atoms with van der Waals surface area (Å²) in [4.78, 5) is 3.86. The summed E-state index contributed by atoms with van der Waals surface area (Å²) >= 11 is 0. The second-order valence-electron chi connectivity index (χ2n) is 5.42. The number of rotatable bonds is 4. The van der Waals surface area contributed by atoms with Crippen LogP contribution in [0.1, 0.15) is 18.1 Å². The van der Waals surface area contributed by atoms with E-state index in [-0.39, 0.29) is 13.2 Å². The summed E-state index contributed by atoms with van der Waals surface area (Å²) in [5.41, 5.74) is -0.232. The molecular weight excluding hydrogens is 280 g/mol. The lowest BCUT2D eigenvalue weighted by atomic mass is 9.84. The highest BCUT2D eigenvalue weighted by molar-refractivity contribution is 5.22. The van der Waals surface area contributed by atoms with Gasteiger partial charge in [0.1, 0.15) is 24.3 Å². The molecule has 21 heavy (non-hydrogen) atoms. The molecular formula is C14H15F2N3O2. The van der Waals surface area contributed by atoms with Gasteiger partial charge in [-0.3, -0.25) is 4.68 Å². The molecule has 0 saturated carbocycles. The Balaban J connectivity index is 1.79. The van der Waals surface area contributed by atoms with Gasteiger partial charge < -0.3 is 9.84 Å². The number of aliphatic hydroxyl groups is 1. The van der Waals surface area contributed by atoms with Gasteiger partial charge >= 0.3 is 0 Å². The lowest BCUT2D eigenvalue weighted by Gasteiger charge is -2.24. The molecule has 1 N–H and O–H groups in total. The lowest BCUT2D eigenvalue weighted by Crippen LogP contribution is -2.31. The first-order chi connectivity index (χ1) is 10.1. The number of benzene rings is 1. The maximum absolute atomic E-state index is 13.8. The molecule has 1 aliphatic rings. The summed E-state index contributed by atoms with van der Waals surface area (Å²) in [6.45, 7) is 0.611. The van der Waals surface area contributed by atoms with Gasteiger partial charge in [-0.2, -0.15) is 5.10 Å². The molecule has 0 spiro atoms. The molecule has 112 valence electrons. The minimum absolute atomic E-state index is 0.105. The molecule has 7 heteroatoms. The van der Waals surface area contributed by atoms with Gasteiger partial charge in [0.05, 0.1) is 25.9 Å². The molecule has 0 unspecified atom stereocenters. The Morgan fingerprint density at radius 1 is 1.43 bits per heavy atom. The van der Waals surface area contributed by atoms with Crippen molar-refractivity contribution in [2.45, 2.75) is 19.1 Å². The van der Waals surface area contributed by atoms with Gasteiger partial charge in [-0.1, -0.05) is 6.07 Å². The summed E-state index contributed by atoms with van der Waals surface area (Å²) < 4.78 is 34.0. The van der Waals surface area contributed by atoms with Crippen LogP contribution in [0.3, 0.4) is 0 Å². The van der Waals surface area contributed by atoms with Crippen LogP contribution in [0.5, 0.6) is 0 Å². The van der Waals surface area contributed by atoms with Crippen LogP contribution in [0.25, 0.3) is 0 Å². The van der Waals surface area contributed by atoms with E-state index in [1.54, 1.807) is 11.0 Å². The predicted octanol–water partition coefficient (Wildman–Crippen LogP) is 1.70. The molecule has 5 nitrogen and oxygen atoms in total. The summed E-state index contributed by atoms with van der Waals surface area (Å²) in [5, 5.41) is 13.7. The van der Waals surface area contributed by atoms with Gasteiger partial charge in [0, 0.05) is 17.0 Å². The Labute approximate surface area is 120 Å². The van der Waals surface area contributed by atoms with Crippen LogP contribution in [0.15, 0.2) is 30.9 Å². The maximum Gasteiger partial charge on any atom is 0.137 e. The fourth-order valence-electron chi connectivity index (χ4n) is 2.68. The fraction of sp³-hybridized carbons (Fsp3) is 0.429. The Morgan fingerprint density at radius 2 is 2.29 bits per heavy atom. The van der Waals surface area contributed by atoms with E-state index in [1.807, 2.05) is 0 Å². The molecule has 1 aromatic heterocycles. The summed E-state index contributed by atoms with van der Waals surface area (Å²) in [7, 11) is 0. The third-order valence-corrected chi connectivity index (χ3v) is 3.82. The van der Waals surface area contributed by atoms with E-state index in [4.69, 9.17) is 4.74 Å². The van der Waals surface area contributed by atoms with Crippen LogP contribution in [-0.4, -0.2) is 33.1 Å². The minimum atomic E-state index is -0.630. The number of hydrogen-bond acceptors (Lipinski definition) is 4. The van der Waals surface area contributed by atoms with E-state index in [9.17, 15) is 13.9 Å². The Hall–Kier alpha value is -1.86. The zero-order valence-corrected chi connectivity index (χ0v) is 11.2. The summed E-state index contributed by atoms with van der Waals surface area (Å²) in [6.07, 6.45) is 2.91. The van der Waals surface area contributed by atoms with Crippen molar-refractivity contribution >= 4 is 0 Å². The predicted molar refractivity (Wildman–Crippen MR) is 69.2 cm³/mol. The third kappa shape index (κ3) is 2.79. The molecule has 3 rings (SSSR count). The minimum Gasteiger partial charge on any atom is -0.396 e. The lowest BCUT2D eigenvalue weighted by molar-refractivity contribution is 0.0604. The molecule has 0 radical (unpaired) electrons. The normalized spacial score (nSPS) is 25.4. The Kier molecular flexibility index (Phi) is 3.69. The van der Waals surface area contributed by atoms with E-state index in [1.165, 1.54) is 18.5 Å². The molecule has 2 heterocycles. The molecule has 0 aliphatic carbocycles. The van der Waals surface area contributed by atoms with Crippen molar-refractivity contribution in [2.75, 3.05) is 13.2 Å². The highest BCUT2D eigenvalue weighted by Gasteiger charge is 2.41. The van der Waals surface area contributed by atoms with E-state index in [0.717, 1.165) is 6.07 Å². The van der Waals surface area contributed by atoms with Crippen molar-refractivity contribution in [1.82, 2.24) is 14.8 Å². The smallest absolute Gasteiger partial charge is 0.137 e. The van der Waals surface area contributed by atoms with Gasteiger partial charge in [0.2, 0.25) is 0 Å². The van der Waals surface area contributed by atoms with Gasteiger partial charge in [-0.25, -0.2) is 13.8 Å². The highest BCUT2D eigenvalue weighted by atomic mass is 19.1. The van der Waals surface area contributed by atoms with Crippen LogP contribution in [0, 0.1) is 17.0 Å².